The molecule has 0 radical (unpaired) electrons. The van der Waals surface area contributed by atoms with Gasteiger partial charge in [-0.25, -0.2) is 4.68 Å². The minimum atomic E-state index is -0.278. The van der Waals surface area contributed by atoms with Crippen LogP contribution in [0.25, 0.3) is 0 Å². The van der Waals surface area contributed by atoms with Crippen molar-refractivity contribution >= 4 is 11.6 Å². The number of rotatable bonds is 5. The molecular weight excluding hydrogens is 294 g/mol. The number of hydrogen-bond donors (Lipinski definition) is 1. The van der Waals surface area contributed by atoms with E-state index in [2.05, 4.69) is 15.5 Å². The molecule has 0 spiro atoms. The van der Waals surface area contributed by atoms with E-state index in [0.29, 0.717) is 11.4 Å². The molecule has 0 saturated carbocycles. The molecule has 0 bridgehead atoms. The van der Waals surface area contributed by atoms with Gasteiger partial charge in [0.15, 0.2) is 12.4 Å². The van der Waals surface area contributed by atoms with Crippen molar-refractivity contribution in [3.05, 3.63) is 60.2 Å². The number of hydrogen-bond acceptors (Lipinski definition) is 4. The number of carbonyl (C=O) groups excluding carboxylic acids is 1. The molecule has 0 atom stereocenters. The number of carbonyl (C=O) groups is 1. The van der Waals surface area contributed by atoms with Crippen LogP contribution in [-0.2, 0) is 13.8 Å². The summed E-state index contributed by atoms with van der Waals surface area (Å²) in [6, 6.07) is 11.1. The Morgan fingerprint density at radius 2 is 2.04 bits per heavy atom. The molecule has 0 aliphatic rings. The second kappa shape index (κ2) is 6.35. The summed E-state index contributed by atoms with van der Waals surface area (Å²) in [5.41, 5.74) is 1.88. The second-order valence-corrected chi connectivity index (χ2v) is 5.05. The lowest BCUT2D eigenvalue weighted by Crippen LogP contribution is -2.14. The first-order valence-corrected chi connectivity index (χ1v) is 7.15. The van der Waals surface area contributed by atoms with Crippen molar-refractivity contribution in [1.29, 1.82) is 0 Å². The van der Waals surface area contributed by atoms with Crippen molar-refractivity contribution in [2.75, 3.05) is 5.32 Å². The van der Waals surface area contributed by atoms with Crippen molar-refractivity contribution in [3.8, 4) is 5.75 Å². The molecule has 1 amide bonds. The Balaban J connectivity index is 1.62. The van der Waals surface area contributed by atoms with E-state index in [1.165, 1.54) is 0 Å². The predicted octanol–water partition coefficient (Wildman–Crippen LogP) is 2.21. The van der Waals surface area contributed by atoms with E-state index >= 15 is 0 Å². The van der Waals surface area contributed by atoms with Gasteiger partial charge in [-0.2, -0.15) is 10.2 Å². The summed E-state index contributed by atoms with van der Waals surface area (Å²) in [5, 5.41) is 11.1. The molecule has 118 valence electrons. The molecule has 3 rings (SSSR count). The maximum atomic E-state index is 12.2. The molecule has 23 heavy (non-hydrogen) atoms. The van der Waals surface area contributed by atoms with Crippen molar-refractivity contribution in [1.82, 2.24) is 19.6 Å². The summed E-state index contributed by atoms with van der Waals surface area (Å²) < 4.78 is 8.85. The Morgan fingerprint density at radius 1 is 1.26 bits per heavy atom. The average molecular weight is 311 g/mol. The van der Waals surface area contributed by atoms with Crippen LogP contribution < -0.4 is 10.1 Å². The maximum absolute atomic E-state index is 12.2. The largest absolute Gasteiger partial charge is 0.471 e. The van der Waals surface area contributed by atoms with Gasteiger partial charge in [0.1, 0.15) is 5.75 Å². The first-order chi connectivity index (χ1) is 11.1. The number of nitrogens with one attached hydrogen (secondary N) is 1. The van der Waals surface area contributed by atoms with E-state index < -0.39 is 0 Å². The smallest absolute Gasteiger partial charge is 0.276 e. The third kappa shape index (κ3) is 3.39. The van der Waals surface area contributed by atoms with Crippen LogP contribution in [0.2, 0.25) is 0 Å². The number of aromatic nitrogens is 4. The number of benzene rings is 1. The lowest BCUT2D eigenvalue weighted by Gasteiger charge is -2.05. The lowest BCUT2D eigenvalue weighted by atomic mass is 10.3. The molecule has 3 aromatic rings. The van der Waals surface area contributed by atoms with Gasteiger partial charge >= 0.3 is 0 Å². The van der Waals surface area contributed by atoms with Gasteiger partial charge < -0.3 is 10.1 Å². The number of nitrogens with zero attached hydrogens (tertiary/aromatic N) is 4. The fourth-order valence-corrected chi connectivity index (χ4v) is 2.02. The fraction of sp³-hybridized carbons (Fsp3) is 0.188. The normalized spacial score (nSPS) is 10.5. The van der Waals surface area contributed by atoms with Crippen LogP contribution in [0.5, 0.6) is 5.75 Å². The van der Waals surface area contributed by atoms with Crippen molar-refractivity contribution in [2.24, 2.45) is 7.05 Å². The standard InChI is InChI=1S/C16H17N5O2/c1-12-15(10-17-20(12)2)18-16(22)14-8-9-21(19-14)11-23-13-6-4-3-5-7-13/h3-10H,11H2,1-2H3,(H,18,22). The van der Waals surface area contributed by atoms with E-state index in [9.17, 15) is 4.79 Å². The van der Waals surface area contributed by atoms with Gasteiger partial charge in [0.2, 0.25) is 0 Å². The minimum absolute atomic E-state index is 0.239. The monoisotopic (exact) mass is 311 g/mol. The molecule has 1 aromatic carbocycles. The highest BCUT2D eigenvalue weighted by atomic mass is 16.5. The van der Waals surface area contributed by atoms with Crippen LogP contribution in [0, 0.1) is 6.92 Å². The van der Waals surface area contributed by atoms with Crippen molar-refractivity contribution in [3.63, 3.8) is 0 Å². The van der Waals surface area contributed by atoms with Gasteiger partial charge in [0.05, 0.1) is 17.6 Å². The Kier molecular flexibility index (Phi) is 4.09. The minimum Gasteiger partial charge on any atom is -0.471 e. The summed E-state index contributed by atoms with van der Waals surface area (Å²) in [6.45, 7) is 2.12. The Hall–Kier alpha value is -3.09. The van der Waals surface area contributed by atoms with Gasteiger partial charge in [-0.3, -0.25) is 9.48 Å². The molecule has 2 aromatic heterocycles. The highest BCUT2D eigenvalue weighted by Crippen LogP contribution is 2.13. The van der Waals surface area contributed by atoms with E-state index in [1.807, 2.05) is 44.3 Å². The topological polar surface area (TPSA) is 74.0 Å². The summed E-state index contributed by atoms with van der Waals surface area (Å²) in [4.78, 5) is 12.2. The molecule has 2 heterocycles. The molecular formula is C16H17N5O2. The van der Waals surface area contributed by atoms with Gasteiger partial charge in [0.25, 0.3) is 5.91 Å². The number of aryl methyl sites for hydroxylation is 1. The Labute approximate surface area is 133 Å². The Morgan fingerprint density at radius 3 is 2.74 bits per heavy atom. The predicted molar refractivity (Wildman–Crippen MR) is 85.2 cm³/mol. The number of amides is 1. The van der Waals surface area contributed by atoms with Crippen LogP contribution in [0.4, 0.5) is 5.69 Å². The molecule has 1 N–H and O–H groups in total. The quantitative estimate of drug-likeness (QED) is 0.784. The van der Waals surface area contributed by atoms with E-state index in [-0.39, 0.29) is 12.6 Å². The molecule has 0 aliphatic heterocycles. The summed E-state index contributed by atoms with van der Waals surface area (Å²) in [6.07, 6.45) is 3.32. The van der Waals surface area contributed by atoms with Crippen LogP contribution >= 0.6 is 0 Å². The molecule has 0 unspecified atom stereocenters. The summed E-state index contributed by atoms with van der Waals surface area (Å²) >= 11 is 0. The van der Waals surface area contributed by atoms with Gasteiger partial charge in [0, 0.05) is 13.2 Å². The van der Waals surface area contributed by atoms with Gasteiger partial charge in [-0.1, -0.05) is 18.2 Å². The van der Waals surface area contributed by atoms with E-state index in [4.69, 9.17) is 4.74 Å². The van der Waals surface area contributed by atoms with Crippen LogP contribution in [0.1, 0.15) is 16.2 Å². The fourth-order valence-electron chi connectivity index (χ4n) is 2.02. The first-order valence-electron chi connectivity index (χ1n) is 7.15. The highest BCUT2D eigenvalue weighted by Gasteiger charge is 2.13. The van der Waals surface area contributed by atoms with Crippen molar-refractivity contribution in [2.45, 2.75) is 13.7 Å². The molecule has 7 heteroatoms. The summed E-state index contributed by atoms with van der Waals surface area (Å²) in [7, 11) is 1.82. The first kappa shape index (κ1) is 14.8. The number of para-hydroxylation sites is 1. The molecule has 0 aliphatic carbocycles. The molecule has 7 nitrogen and oxygen atoms in total. The zero-order chi connectivity index (χ0) is 16.2. The zero-order valence-corrected chi connectivity index (χ0v) is 12.9. The second-order valence-electron chi connectivity index (χ2n) is 5.05. The molecule has 0 saturated heterocycles. The van der Waals surface area contributed by atoms with Crippen LogP contribution in [0.15, 0.2) is 48.8 Å². The molecule has 0 fully saturated rings. The average Bonchev–Trinajstić information content (AvgIpc) is 3.16. The lowest BCUT2D eigenvalue weighted by molar-refractivity contribution is 0.102. The SMILES string of the molecule is Cc1c(NC(=O)c2ccn(COc3ccccc3)n2)cnn1C. The van der Waals surface area contributed by atoms with Gasteiger partial charge in [-0.05, 0) is 25.1 Å². The van der Waals surface area contributed by atoms with E-state index in [1.54, 1.807) is 27.8 Å². The van der Waals surface area contributed by atoms with Crippen LogP contribution in [0.3, 0.4) is 0 Å². The van der Waals surface area contributed by atoms with Gasteiger partial charge in [-0.15, -0.1) is 0 Å². The van der Waals surface area contributed by atoms with Crippen LogP contribution in [-0.4, -0.2) is 25.5 Å². The number of anilines is 1. The third-order valence-electron chi connectivity index (χ3n) is 3.46. The van der Waals surface area contributed by atoms with Crippen molar-refractivity contribution < 1.29 is 9.53 Å². The Bertz CT molecular complexity index is 807. The van der Waals surface area contributed by atoms with E-state index in [0.717, 1.165) is 11.4 Å². The third-order valence-corrected chi connectivity index (χ3v) is 3.46. The number of ether oxygens (including phenoxy) is 1. The maximum Gasteiger partial charge on any atom is 0.276 e. The zero-order valence-electron chi connectivity index (χ0n) is 12.9. The summed E-state index contributed by atoms with van der Waals surface area (Å²) in [5.74, 6) is 0.472. The highest BCUT2D eigenvalue weighted by molar-refractivity contribution is 6.03.